The van der Waals surface area contributed by atoms with Crippen molar-refractivity contribution in [2.45, 2.75) is 27.2 Å². The van der Waals surface area contributed by atoms with Gasteiger partial charge in [-0.25, -0.2) is 0 Å². The van der Waals surface area contributed by atoms with Crippen molar-refractivity contribution in [3.8, 4) is 0 Å². The lowest BCUT2D eigenvalue weighted by Crippen LogP contribution is -2.12. The molecule has 0 saturated heterocycles. The van der Waals surface area contributed by atoms with Crippen LogP contribution in [0.2, 0.25) is 0 Å². The highest BCUT2D eigenvalue weighted by atomic mass is 16.6. The van der Waals surface area contributed by atoms with Crippen LogP contribution in [-0.2, 0) is 0 Å². The Morgan fingerprint density at radius 1 is 1.27 bits per heavy atom. The summed E-state index contributed by atoms with van der Waals surface area (Å²) >= 11 is 0. The van der Waals surface area contributed by atoms with Gasteiger partial charge in [-0.05, 0) is 19.4 Å². The van der Waals surface area contributed by atoms with Gasteiger partial charge < -0.3 is 0 Å². The van der Waals surface area contributed by atoms with Gasteiger partial charge in [-0.15, -0.1) is 0 Å². The normalized spacial score (nSPS) is 12.0. The summed E-state index contributed by atoms with van der Waals surface area (Å²) in [5, 5.41) is 25.6. The summed E-state index contributed by atoms with van der Waals surface area (Å²) in [6, 6.07) is 3.37. The van der Waals surface area contributed by atoms with E-state index in [0.29, 0.717) is 0 Å². The third-order valence-electron chi connectivity index (χ3n) is 2.87. The zero-order valence-corrected chi connectivity index (χ0v) is 12.6. The Kier molecular flexibility index (Phi) is 5.73. The average Bonchev–Trinajstić information content (AvgIpc) is 2.44. The molecule has 0 unspecified atom stereocenters. The summed E-state index contributed by atoms with van der Waals surface area (Å²) in [6.07, 6.45) is 6.36. The Bertz CT molecular complexity index is 623. The van der Waals surface area contributed by atoms with E-state index >= 15 is 0 Å². The van der Waals surface area contributed by atoms with Crippen molar-refractivity contribution < 1.29 is 9.85 Å². The lowest BCUT2D eigenvalue weighted by molar-refractivity contribution is -0.393. The van der Waals surface area contributed by atoms with Gasteiger partial charge in [-0.3, -0.25) is 25.7 Å². The average molecular weight is 306 g/mol. The van der Waals surface area contributed by atoms with Gasteiger partial charge in [0.15, 0.2) is 0 Å². The first kappa shape index (κ1) is 17.3. The highest BCUT2D eigenvalue weighted by molar-refractivity contribution is 5.69. The number of nitro groups is 2. The maximum absolute atomic E-state index is 11.0. The van der Waals surface area contributed by atoms with Gasteiger partial charge in [-0.2, -0.15) is 5.10 Å². The first-order chi connectivity index (χ1) is 10.3. The molecule has 0 radical (unpaired) electrons. The Balaban J connectivity index is 2.94. The molecule has 0 fully saturated rings. The van der Waals surface area contributed by atoms with Crippen molar-refractivity contribution in [2.75, 3.05) is 5.43 Å². The van der Waals surface area contributed by atoms with E-state index < -0.39 is 15.5 Å². The van der Waals surface area contributed by atoms with E-state index in [1.807, 2.05) is 32.9 Å². The Hall–Kier alpha value is -2.77. The molecule has 0 atom stereocenters. The molecule has 0 aliphatic heterocycles. The van der Waals surface area contributed by atoms with Crippen molar-refractivity contribution in [1.29, 1.82) is 0 Å². The molecule has 0 amide bonds. The van der Waals surface area contributed by atoms with Gasteiger partial charge in [0.1, 0.15) is 5.69 Å². The number of hydrogen-bond acceptors (Lipinski definition) is 6. The summed E-state index contributed by atoms with van der Waals surface area (Å²) in [7, 11) is 0. The molecule has 0 aliphatic rings. The lowest BCUT2D eigenvalue weighted by atomic mass is 9.91. The Morgan fingerprint density at radius 3 is 2.50 bits per heavy atom. The molecule has 1 rings (SSSR count). The smallest absolute Gasteiger partial charge is 0.272 e. The highest BCUT2D eigenvalue weighted by Gasteiger charge is 2.19. The van der Waals surface area contributed by atoms with Crippen molar-refractivity contribution in [2.24, 2.45) is 10.5 Å². The van der Waals surface area contributed by atoms with Gasteiger partial charge >= 0.3 is 5.69 Å². The number of benzene rings is 1. The molecule has 1 N–H and O–H groups in total. The third-order valence-corrected chi connectivity index (χ3v) is 2.87. The molecule has 0 saturated carbocycles. The fourth-order valence-corrected chi connectivity index (χ4v) is 1.63. The van der Waals surface area contributed by atoms with E-state index in [4.69, 9.17) is 0 Å². The predicted molar refractivity (Wildman–Crippen MR) is 85.1 cm³/mol. The van der Waals surface area contributed by atoms with Crippen molar-refractivity contribution >= 4 is 23.3 Å². The minimum Gasteiger partial charge on any atom is -0.272 e. The van der Waals surface area contributed by atoms with Crippen LogP contribution in [0.25, 0.3) is 0 Å². The van der Waals surface area contributed by atoms with Crippen molar-refractivity contribution in [3.63, 3.8) is 0 Å². The number of nitrogens with zero attached hydrogens (tertiary/aromatic N) is 3. The molecule has 8 heteroatoms. The minimum atomic E-state index is -0.685. The molecule has 0 aromatic heterocycles. The topological polar surface area (TPSA) is 111 Å². The molecule has 0 aliphatic carbocycles. The van der Waals surface area contributed by atoms with E-state index in [2.05, 4.69) is 10.5 Å². The van der Waals surface area contributed by atoms with Crippen LogP contribution in [-0.4, -0.2) is 16.1 Å². The summed E-state index contributed by atoms with van der Waals surface area (Å²) in [4.78, 5) is 20.3. The zero-order valence-electron chi connectivity index (χ0n) is 12.6. The molecular weight excluding hydrogens is 288 g/mol. The molecule has 0 heterocycles. The largest absolute Gasteiger partial charge is 0.301 e. The highest BCUT2D eigenvalue weighted by Crippen LogP contribution is 2.29. The second-order valence-electron chi connectivity index (χ2n) is 5.35. The fourth-order valence-electron chi connectivity index (χ4n) is 1.63. The van der Waals surface area contributed by atoms with Crippen LogP contribution in [0.4, 0.5) is 17.1 Å². The summed E-state index contributed by atoms with van der Waals surface area (Å²) in [5.41, 5.74) is 1.74. The Morgan fingerprint density at radius 2 is 1.95 bits per heavy atom. The zero-order chi connectivity index (χ0) is 16.8. The molecule has 0 bridgehead atoms. The summed E-state index contributed by atoms with van der Waals surface area (Å²) in [6.45, 7) is 5.87. The number of rotatable bonds is 7. The minimum absolute atomic E-state index is 0.105. The van der Waals surface area contributed by atoms with Crippen LogP contribution in [0.5, 0.6) is 0 Å². The third kappa shape index (κ3) is 4.97. The van der Waals surface area contributed by atoms with Crippen molar-refractivity contribution in [1.82, 2.24) is 0 Å². The van der Waals surface area contributed by atoms with Crippen LogP contribution in [0, 0.1) is 25.6 Å². The molecule has 1 aromatic carbocycles. The molecular formula is C14H18N4O4. The predicted octanol–water partition coefficient (Wildman–Crippen LogP) is 3.89. The van der Waals surface area contributed by atoms with E-state index in [0.717, 1.165) is 12.5 Å². The van der Waals surface area contributed by atoms with Gasteiger partial charge in [0, 0.05) is 17.7 Å². The standard InChI is InChI=1S/C14H18N4O4/c1-4-5-8-14(2,3)10-15-16-12-7-6-11(17(19)20)9-13(12)18(21)22/h4-7,9-10,16H,8H2,1-3H3/b5-4+,15-10?. The monoisotopic (exact) mass is 306 g/mol. The molecule has 1 aromatic rings. The van der Waals surface area contributed by atoms with E-state index in [1.165, 1.54) is 12.1 Å². The first-order valence-electron chi connectivity index (χ1n) is 6.61. The summed E-state index contributed by atoms with van der Waals surface area (Å²) in [5.74, 6) is 0. The second-order valence-corrected chi connectivity index (χ2v) is 5.35. The maximum atomic E-state index is 11.0. The molecule has 8 nitrogen and oxygen atoms in total. The molecule has 118 valence electrons. The van der Waals surface area contributed by atoms with E-state index in [1.54, 1.807) is 6.21 Å². The number of non-ortho nitro benzene ring substituents is 1. The fraction of sp³-hybridized carbons (Fsp3) is 0.357. The number of nitrogens with one attached hydrogen (secondary N) is 1. The number of hydrogen-bond donors (Lipinski definition) is 1. The van der Waals surface area contributed by atoms with Crippen molar-refractivity contribution in [3.05, 3.63) is 50.6 Å². The lowest BCUT2D eigenvalue weighted by Gasteiger charge is -2.16. The first-order valence-corrected chi connectivity index (χ1v) is 6.61. The van der Waals surface area contributed by atoms with Gasteiger partial charge in [-0.1, -0.05) is 26.0 Å². The SMILES string of the molecule is C/C=C/CC(C)(C)C=NNc1ccc([N+](=O)[O-])cc1[N+](=O)[O-]. The molecule has 22 heavy (non-hydrogen) atoms. The van der Waals surface area contributed by atoms with Gasteiger partial charge in [0.25, 0.3) is 5.69 Å². The van der Waals surface area contributed by atoms with E-state index in [-0.39, 0.29) is 16.8 Å². The number of allylic oxidation sites excluding steroid dienone is 2. The van der Waals surface area contributed by atoms with E-state index in [9.17, 15) is 20.2 Å². The maximum Gasteiger partial charge on any atom is 0.301 e. The number of anilines is 1. The quantitative estimate of drug-likeness (QED) is 0.355. The van der Waals surface area contributed by atoms with Crippen LogP contribution < -0.4 is 5.43 Å². The van der Waals surface area contributed by atoms with Gasteiger partial charge in [0.2, 0.25) is 0 Å². The van der Waals surface area contributed by atoms with Crippen LogP contribution in [0.3, 0.4) is 0 Å². The summed E-state index contributed by atoms with van der Waals surface area (Å²) < 4.78 is 0. The number of nitro benzene ring substituents is 2. The van der Waals surface area contributed by atoms with Crippen LogP contribution in [0.15, 0.2) is 35.5 Å². The van der Waals surface area contributed by atoms with Gasteiger partial charge in [0.05, 0.1) is 15.9 Å². The number of hydrazone groups is 1. The molecule has 0 spiro atoms. The second kappa shape index (κ2) is 7.30. The van der Waals surface area contributed by atoms with Crippen LogP contribution >= 0.6 is 0 Å². The Labute approximate surface area is 127 Å². The van der Waals surface area contributed by atoms with Crippen LogP contribution in [0.1, 0.15) is 27.2 Å².